The number of ether oxygens (including phenoxy) is 2. The SMILES string of the molecule is CC(C)(C)[C@@H](N)c1cn(-c2cc(F)ccc2F)nc1Cc1ccccc1.CN(C)/C=C/C(=O)c1ccccc1.COC(=O)C(Cl)=NCc1ccccc1.COC(=O)c1cn(-c2cc(F)ccc2F)nc1C(=O)c1ccccc1.F[B-](F)(F)F.N#[N+]c1cc(F)ccc1F.Nc1cc(F)ccc1F.O=Cc1cn(-c2cc(F)ccc2F)nc1Cc1ccccc1. The van der Waals surface area contributed by atoms with Gasteiger partial charge in [0.15, 0.2) is 17.0 Å². The summed E-state index contributed by atoms with van der Waals surface area (Å²) in [7, 11) is 0.186. The monoisotopic (exact) mass is 1740 g/mol. The number of hydrogen-bond acceptors (Lipinski definition) is 15. The summed E-state index contributed by atoms with van der Waals surface area (Å²) < 4.78 is 183. The predicted octanol–water partition coefficient (Wildman–Crippen LogP) is 20.7. The molecule has 10 aromatic carbocycles. The number of ketones is 2. The highest BCUT2D eigenvalue weighted by molar-refractivity contribution is 6.82. The number of aliphatic imine (C=N–C) groups is 1. The maximum absolute atomic E-state index is 14.2. The number of hydrogen-bond donors (Lipinski definition) is 2. The molecule has 4 N–H and O–H groups in total. The van der Waals surface area contributed by atoms with Crippen LogP contribution in [0.25, 0.3) is 22.0 Å². The van der Waals surface area contributed by atoms with Crippen LogP contribution in [0.1, 0.15) is 108 Å². The van der Waals surface area contributed by atoms with Gasteiger partial charge in [-0.2, -0.15) is 19.7 Å². The summed E-state index contributed by atoms with van der Waals surface area (Å²) in [5.41, 5.74) is 16.8. The number of aldehydes is 1. The number of carbonyl (C=O) groups excluding carboxylic acids is 5. The third kappa shape index (κ3) is 32.3. The van der Waals surface area contributed by atoms with Crippen LogP contribution in [0.5, 0.6) is 0 Å². The third-order valence-electron chi connectivity index (χ3n) is 16.5. The highest BCUT2D eigenvalue weighted by Gasteiger charge is 2.29. The van der Waals surface area contributed by atoms with E-state index in [1.54, 1.807) is 48.8 Å². The summed E-state index contributed by atoms with van der Waals surface area (Å²) in [6, 6.07) is 60.9. The normalized spacial score (nSPS) is 11.0. The maximum Gasteiger partial charge on any atom is 0.673 e. The number of methoxy groups -OCH3 is 2. The number of diazo groups is 1. The minimum absolute atomic E-state index is 0.0255. The van der Waals surface area contributed by atoms with Crippen LogP contribution in [0.3, 0.4) is 0 Å². The van der Waals surface area contributed by atoms with E-state index in [0.717, 1.165) is 142 Å². The smallest absolute Gasteiger partial charge is 0.465 e. The Hall–Kier alpha value is -14.5. The van der Waals surface area contributed by atoms with Gasteiger partial charge >= 0.3 is 24.9 Å². The molecular formula is C89H78BClF14N12O7. The summed E-state index contributed by atoms with van der Waals surface area (Å²) in [5.74, 6) is -8.03. The second-order valence-electron chi connectivity index (χ2n) is 27.0. The Morgan fingerprint density at radius 2 is 0.927 bits per heavy atom. The molecule has 0 aliphatic carbocycles. The van der Waals surface area contributed by atoms with Gasteiger partial charge in [-0.05, 0) is 88.8 Å². The molecule has 0 amide bonds. The number of esters is 2. The van der Waals surface area contributed by atoms with E-state index >= 15 is 0 Å². The highest BCUT2D eigenvalue weighted by atomic mass is 35.5. The van der Waals surface area contributed by atoms with Gasteiger partial charge in [0.2, 0.25) is 22.2 Å². The first kappa shape index (κ1) is 98.4. The summed E-state index contributed by atoms with van der Waals surface area (Å²) >= 11 is 5.56. The minimum Gasteiger partial charge on any atom is -0.465 e. The van der Waals surface area contributed by atoms with Crippen LogP contribution >= 0.6 is 11.6 Å². The molecule has 0 spiro atoms. The number of nitrogens with two attached hydrogens (primary N) is 2. The molecular weight excluding hydrogens is 1660 g/mol. The number of benzene rings is 10. The fraction of sp³-hybridized carbons (Fsp3) is 0.135. The second kappa shape index (κ2) is 48.1. The lowest BCUT2D eigenvalue weighted by Crippen LogP contribution is -2.26. The average molecular weight is 1740 g/mol. The quantitative estimate of drug-likeness (QED) is 0.00933. The molecule has 35 heteroatoms. The van der Waals surface area contributed by atoms with Crippen molar-refractivity contribution < 1.29 is 94.6 Å². The van der Waals surface area contributed by atoms with Crippen LogP contribution in [0.4, 0.5) is 72.5 Å². The van der Waals surface area contributed by atoms with Crippen molar-refractivity contribution in [3.05, 3.63) is 398 Å². The van der Waals surface area contributed by atoms with E-state index in [-0.39, 0.29) is 62.1 Å². The number of nitrogen functional groups attached to an aromatic ring is 1. The highest BCUT2D eigenvalue weighted by Crippen LogP contribution is 2.34. The van der Waals surface area contributed by atoms with Gasteiger partial charge in [0.05, 0.1) is 49.5 Å². The second-order valence-corrected chi connectivity index (χ2v) is 27.4. The lowest BCUT2D eigenvalue weighted by Gasteiger charge is -2.27. The van der Waals surface area contributed by atoms with Crippen LogP contribution in [0.2, 0.25) is 0 Å². The number of nitrogens with zero attached hydrogens (tertiary/aromatic N) is 10. The Bertz CT molecular complexity index is 5800. The van der Waals surface area contributed by atoms with E-state index in [4.69, 9.17) is 28.5 Å². The van der Waals surface area contributed by atoms with Gasteiger partial charge in [-0.3, -0.25) is 19.4 Å². The van der Waals surface area contributed by atoms with E-state index in [1.165, 1.54) is 22.7 Å². The number of carbonyl (C=O) groups is 5. The lowest BCUT2D eigenvalue weighted by atomic mass is 9.82. The Morgan fingerprint density at radius 3 is 1.34 bits per heavy atom. The number of halogens is 15. The molecule has 0 bridgehead atoms. The van der Waals surface area contributed by atoms with Gasteiger partial charge in [0.1, 0.15) is 80.7 Å². The Balaban J connectivity index is 0.000000228. The van der Waals surface area contributed by atoms with E-state index in [0.29, 0.717) is 42.5 Å². The average Bonchev–Trinajstić information content (AvgIpc) is 1.65. The summed E-state index contributed by atoms with van der Waals surface area (Å²) in [6.45, 7) is 6.52. The maximum atomic E-state index is 14.2. The van der Waals surface area contributed by atoms with Crippen molar-refractivity contribution in [2.45, 2.75) is 46.2 Å². The van der Waals surface area contributed by atoms with E-state index in [1.807, 2.05) is 161 Å². The van der Waals surface area contributed by atoms with Crippen molar-refractivity contribution in [1.29, 1.82) is 5.39 Å². The Morgan fingerprint density at radius 1 is 0.532 bits per heavy atom. The Labute approximate surface area is 707 Å². The first-order valence-corrected chi connectivity index (χ1v) is 36.9. The molecule has 1 atom stereocenters. The molecule has 0 radical (unpaired) electrons. The number of aromatic nitrogens is 6. The molecule has 13 aromatic rings. The van der Waals surface area contributed by atoms with Gasteiger partial charge < -0.3 is 43.1 Å². The van der Waals surface area contributed by atoms with Gasteiger partial charge in [-0.1, -0.05) is 184 Å². The van der Waals surface area contributed by atoms with Crippen molar-refractivity contribution in [3.63, 3.8) is 0 Å². The topological polar surface area (TPSA) is 253 Å². The Kier molecular flexibility index (Phi) is 38.2. The van der Waals surface area contributed by atoms with Gasteiger partial charge in [-0.25, -0.2) is 63.1 Å². The third-order valence-corrected chi connectivity index (χ3v) is 16.7. The van der Waals surface area contributed by atoms with Crippen LogP contribution < -0.4 is 11.5 Å². The fourth-order valence-electron chi connectivity index (χ4n) is 10.3. The fourth-order valence-corrected chi connectivity index (χ4v) is 10.4. The zero-order valence-electron chi connectivity index (χ0n) is 67.0. The number of anilines is 1. The van der Waals surface area contributed by atoms with Crippen molar-refractivity contribution in [2.24, 2.45) is 16.1 Å². The van der Waals surface area contributed by atoms with E-state index in [2.05, 4.69) is 34.7 Å². The predicted molar refractivity (Wildman–Crippen MR) is 443 cm³/mol. The first-order chi connectivity index (χ1) is 58.8. The summed E-state index contributed by atoms with van der Waals surface area (Å²) in [4.78, 5) is 66.3. The zero-order valence-corrected chi connectivity index (χ0v) is 67.7. The van der Waals surface area contributed by atoms with Crippen LogP contribution in [-0.2, 0) is 33.7 Å². The largest absolute Gasteiger partial charge is 0.673 e. The van der Waals surface area contributed by atoms with Crippen molar-refractivity contribution in [2.75, 3.05) is 34.0 Å². The van der Waals surface area contributed by atoms with Crippen molar-refractivity contribution in [1.82, 2.24) is 34.2 Å². The summed E-state index contributed by atoms with van der Waals surface area (Å²) in [6.07, 6.45) is 9.25. The molecule has 0 fully saturated rings. The number of allylic oxidation sites excluding steroid dienone is 1. The molecule has 0 aliphatic rings. The molecule has 19 nitrogen and oxygen atoms in total. The molecule has 0 saturated heterocycles. The zero-order chi connectivity index (χ0) is 91.4. The van der Waals surface area contributed by atoms with Crippen molar-refractivity contribution >= 4 is 65.2 Å². The molecule has 3 heterocycles. The van der Waals surface area contributed by atoms with Gasteiger partial charge in [-0.15, -0.1) is 0 Å². The summed E-state index contributed by atoms with van der Waals surface area (Å²) in [5, 5.41) is 20.7. The standard InChI is InChI=1S/C21H23F2N3.C18H12F2N2O3.C17H12F2N2O.C11H13NO.C10H10ClNO2.C6H3F2N2.C6H5F2N.BF4/c1-21(2,3)20(24)16-13-26(19-12-15(22)9-10-17(19)23)25-18(16)11-14-7-5-4-6-8-14;1-25-18(24)13-10-22(15-9-12(19)7-8-14(15)20)21-16(13)17(23)11-5-3-2-4-6-11;18-14-6-7-15(19)17(9-14)21-10-13(11-22)16(20-21)8-12-4-2-1-3-5-12;1-12(2)9-8-11(13)10-6-4-3-5-7-10;1-14-10(13)9(11)12-7-8-5-3-2-4-6-8;7-4-1-2-5(8)6(3-4)10-9;7-4-1-2-5(8)6(9)3-4;2-1(3,4)5/h4-10,12-13,20H,11,24H2,1-3H3;2-10H,1H3;1-7,9-11H,8H2;3-9H,1-2H3;2-6H,7H2,1H3;1-3H;1-3H,9H2;/q;;;;;+1;;-1/b;;;9-8+;;;;/t20-;;;;;;;/m0......./s1. The molecule has 0 saturated carbocycles. The van der Waals surface area contributed by atoms with Crippen LogP contribution in [0.15, 0.2) is 279 Å². The van der Waals surface area contributed by atoms with Crippen LogP contribution in [0, 0.1) is 69.0 Å². The molecule has 0 unspecified atom stereocenters. The first-order valence-electron chi connectivity index (χ1n) is 36.5. The van der Waals surface area contributed by atoms with Gasteiger partial charge in [0, 0.05) is 98.7 Å². The molecule has 644 valence electrons. The van der Waals surface area contributed by atoms with E-state index in [9.17, 15) is 85.1 Å². The molecule has 124 heavy (non-hydrogen) atoms. The molecule has 3 aromatic heterocycles. The lowest BCUT2D eigenvalue weighted by molar-refractivity contribution is -0.132. The van der Waals surface area contributed by atoms with E-state index < -0.39 is 83.1 Å². The number of rotatable bonds is 18. The van der Waals surface area contributed by atoms with Crippen molar-refractivity contribution in [3.8, 4) is 17.1 Å². The minimum atomic E-state index is -6.00. The molecule has 13 rings (SSSR count). The van der Waals surface area contributed by atoms with Crippen LogP contribution in [-0.4, -0.2) is 105 Å². The molecule has 0 aliphatic heterocycles. The van der Waals surface area contributed by atoms with Gasteiger partial charge in [0.25, 0.3) is 0 Å².